The lowest BCUT2D eigenvalue weighted by Crippen LogP contribution is -2.29. The number of Topliss-reactive ketones (excluding diaryl/α,β-unsaturated/α-hetero) is 1. The molecule has 186 valence electrons. The minimum absolute atomic E-state index is 0.00178. The van der Waals surface area contributed by atoms with Crippen LogP contribution in [0.5, 0.6) is 11.5 Å². The van der Waals surface area contributed by atoms with Gasteiger partial charge in [-0.3, -0.25) is 14.5 Å². The summed E-state index contributed by atoms with van der Waals surface area (Å²) in [5.41, 5.74) is 3.00. The van der Waals surface area contributed by atoms with Crippen LogP contribution in [-0.4, -0.2) is 28.5 Å². The summed E-state index contributed by atoms with van der Waals surface area (Å²) in [5, 5.41) is 21.7. The van der Waals surface area contributed by atoms with Crippen LogP contribution >= 0.6 is 0 Å². The van der Waals surface area contributed by atoms with Crippen molar-refractivity contribution in [3.05, 3.63) is 94.6 Å². The molecule has 1 fully saturated rings. The number of aliphatic hydroxyl groups is 1. The van der Waals surface area contributed by atoms with Crippen LogP contribution in [0.3, 0.4) is 0 Å². The number of phenols is 1. The van der Waals surface area contributed by atoms with Crippen molar-refractivity contribution in [2.24, 2.45) is 0 Å². The summed E-state index contributed by atoms with van der Waals surface area (Å²) >= 11 is 0. The highest BCUT2D eigenvalue weighted by atomic mass is 16.5. The van der Waals surface area contributed by atoms with Crippen LogP contribution in [0.1, 0.15) is 56.0 Å². The van der Waals surface area contributed by atoms with Crippen molar-refractivity contribution >= 4 is 23.1 Å². The first kappa shape index (κ1) is 25.0. The fourth-order valence-electron chi connectivity index (χ4n) is 4.51. The standard InChI is InChI=1S/C30H31NO5/c1-6-36-24-15-12-20(17-23(24)30(3,4)5)27(33)25-26(19-8-7-9-22(32)16-19)31(29(35)28(25)34)21-13-10-18(2)11-14-21/h7-17,26,32-33H,6H2,1-5H3/b27-25-. The lowest BCUT2D eigenvalue weighted by Gasteiger charge is -2.26. The fraction of sp³-hybridized carbons (Fsp3) is 0.267. The summed E-state index contributed by atoms with van der Waals surface area (Å²) in [4.78, 5) is 28.1. The summed E-state index contributed by atoms with van der Waals surface area (Å²) in [7, 11) is 0. The van der Waals surface area contributed by atoms with Gasteiger partial charge in [0.1, 0.15) is 17.3 Å². The number of carbonyl (C=O) groups is 2. The third-order valence-electron chi connectivity index (χ3n) is 6.30. The van der Waals surface area contributed by atoms with Gasteiger partial charge in [-0.05, 0) is 67.3 Å². The Morgan fingerprint density at radius 2 is 1.69 bits per heavy atom. The molecule has 2 N–H and O–H groups in total. The van der Waals surface area contributed by atoms with E-state index in [4.69, 9.17) is 4.74 Å². The number of rotatable bonds is 5. The van der Waals surface area contributed by atoms with Crippen LogP contribution in [-0.2, 0) is 15.0 Å². The summed E-state index contributed by atoms with van der Waals surface area (Å²) < 4.78 is 5.80. The first-order chi connectivity index (χ1) is 17.0. The predicted molar refractivity (Wildman–Crippen MR) is 140 cm³/mol. The number of aliphatic hydroxyl groups excluding tert-OH is 1. The van der Waals surface area contributed by atoms with E-state index in [1.165, 1.54) is 17.0 Å². The number of benzene rings is 3. The zero-order valence-electron chi connectivity index (χ0n) is 21.2. The van der Waals surface area contributed by atoms with Crippen LogP contribution < -0.4 is 9.64 Å². The van der Waals surface area contributed by atoms with Gasteiger partial charge in [-0.15, -0.1) is 0 Å². The maximum Gasteiger partial charge on any atom is 0.300 e. The van der Waals surface area contributed by atoms with Crippen molar-refractivity contribution < 1.29 is 24.5 Å². The van der Waals surface area contributed by atoms with Gasteiger partial charge in [-0.25, -0.2) is 0 Å². The van der Waals surface area contributed by atoms with Gasteiger partial charge in [-0.2, -0.15) is 0 Å². The number of anilines is 1. The highest BCUT2D eigenvalue weighted by Crippen LogP contribution is 2.43. The van der Waals surface area contributed by atoms with E-state index in [1.807, 2.05) is 46.8 Å². The fourth-order valence-corrected chi connectivity index (χ4v) is 4.51. The molecular formula is C30H31NO5. The van der Waals surface area contributed by atoms with Crippen molar-refractivity contribution in [2.45, 2.75) is 46.1 Å². The van der Waals surface area contributed by atoms with Crippen molar-refractivity contribution in [1.29, 1.82) is 0 Å². The third kappa shape index (κ3) is 4.59. The van der Waals surface area contributed by atoms with E-state index < -0.39 is 17.7 Å². The van der Waals surface area contributed by atoms with Crippen LogP contribution in [0.25, 0.3) is 5.76 Å². The lowest BCUT2D eigenvalue weighted by atomic mass is 9.84. The molecule has 36 heavy (non-hydrogen) atoms. The second-order valence-electron chi connectivity index (χ2n) is 9.99. The largest absolute Gasteiger partial charge is 0.508 e. The molecule has 6 nitrogen and oxygen atoms in total. The molecular weight excluding hydrogens is 454 g/mol. The molecule has 6 heteroatoms. The van der Waals surface area contributed by atoms with Gasteiger partial charge in [0, 0.05) is 16.8 Å². The molecule has 1 atom stereocenters. The molecule has 0 spiro atoms. The Labute approximate surface area is 211 Å². The van der Waals surface area contributed by atoms with Gasteiger partial charge >= 0.3 is 0 Å². The Hall–Kier alpha value is -4.06. The van der Waals surface area contributed by atoms with E-state index >= 15 is 0 Å². The number of amides is 1. The van der Waals surface area contributed by atoms with E-state index in [2.05, 4.69) is 0 Å². The topological polar surface area (TPSA) is 87.1 Å². The molecule has 0 aromatic heterocycles. The number of phenolic OH excluding ortho intramolecular Hbond substituents is 1. The number of hydrogen-bond acceptors (Lipinski definition) is 5. The molecule has 3 aromatic carbocycles. The number of carbonyl (C=O) groups excluding carboxylic acids is 2. The molecule has 0 bridgehead atoms. The smallest absolute Gasteiger partial charge is 0.300 e. The Balaban J connectivity index is 1.95. The average molecular weight is 486 g/mol. The van der Waals surface area contributed by atoms with Gasteiger partial charge in [0.15, 0.2) is 0 Å². The monoisotopic (exact) mass is 485 g/mol. The van der Waals surface area contributed by atoms with Gasteiger partial charge in [0.2, 0.25) is 0 Å². The maximum absolute atomic E-state index is 13.4. The van der Waals surface area contributed by atoms with Gasteiger partial charge < -0.3 is 14.9 Å². The summed E-state index contributed by atoms with van der Waals surface area (Å²) in [6.45, 7) is 10.5. The zero-order valence-corrected chi connectivity index (χ0v) is 21.2. The number of aryl methyl sites for hydroxylation is 1. The van der Waals surface area contributed by atoms with Crippen molar-refractivity contribution in [1.82, 2.24) is 0 Å². The molecule has 1 aliphatic heterocycles. The van der Waals surface area contributed by atoms with Gasteiger partial charge in [-0.1, -0.05) is 50.6 Å². The highest BCUT2D eigenvalue weighted by molar-refractivity contribution is 6.51. The maximum atomic E-state index is 13.4. The summed E-state index contributed by atoms with van der Waals surface area (Å²) in [6.07, 6.45) is 0. The quantitative estimate of drug-likeness (QED) is 0.262. The Kier molecular flexibility index (Phi) is 6.63. The number of ether oxygens (including phenoxy) is 1. The summed E-state index contributed by atoms with van der Waals surface area (Å²) in [6, 6.07) is 18.0. The molecule has 0 aliphatic carbocycles. The number of aromatic hydroxyl groups is 1. The number of nitrogens with zero attached hydrogens (tertiary/aromatic N) is 1. The highest BCUT2D eigenvalue weighted by Gasteiger charge is 2.47. The van der Waals surface area contributed by atoms with Crippen LogP contribution in [0.2, 0.25) is 0 Å². The lowest BCUT2D eigenvalue weighted by molar-refractivity contribution is -0.132. The predicted octanol–water partition coefficient (Wildman–Crippen LogP) is 6.02. The first-order valence-corrected chi connectivity index (χ1v) is 12.0. The molecule has 1 amide bonds. The van der Waals surface area contributed by atoms with E-state index in [1.54, 1.807) is 42.5 Å². The minimum atomic E-state index is -0.913. The van der Waals surface area contributed by atoms with Crippen LogP contribution in [0.15, 0.2) is 72.3 Å². The Morgan fingerprint density at radius 1 is 1.00 bits per heavy atom. The molecule has 1 aliphatic rings. The number of hydrogen-bond donors (Lipinski definition) is 2. The van der Waals surface area contributed by atoms with Crippen molar-refractivity contribution in [3.8, 4) is 11.5 Å². The first-order valence-electron chi connectivity index (χ1n) is 12.0. The van der Waals surface area contributed by atoms with E-state index in [9.17, 15) is 19.8 Å². The molecule has 0 radical (unpaired) electrons. The molecule has 1 saturated heterocycles. The van der Waals surface area contributed by atoms with Crippen LogP contribution in [0, 0.1) is 6.92 Å². The molecule has 3 aromatic rings. The van der Waals surface area contributed by atoms with Crippen molar-refractivity contribution in [3.63, 3.8) is 0 Å². The minimum Gasteiger partial charge on any atom is -0.508 e. The van der Waals surface area contributed by atoms with E-state index in [0.29, 0.717) is 29.2 Å². The molecule has 4 rings (SSSR count). The normalized spacial score (nSPS) is 17.5. The second kappa shape index (κ2) is 9.53. The van der Waals surface area contributed by atoms with Gasteiger partial charge in [0.05, 0.1) is 18.2 Å². The Bertz CT molecular complexity index is 1350. The second-order valence-corrected chi connectivity index (χ2v) is 9.99. The van der Waals surface area contributed by atoms with Crippen molar-refractivity contribution in [2.75, 3.05) is 11.5 Å². The summed E-state index contributed by atoms with van der Waals surface area (Å²) in [5.74, 6) is -1.10. The van der Waals surface area contributed by atoms with E-state index in [0.717, 1.165) is 11.1 Å². The number of ketones is 1. The van der Waals surface area contributed by atoms with Crippen LogP contribution in [0.4, 0.5) is 5.69 Å². The molecule has 0 saturated carbocycles. The van der Waals surface area contributed by atoms with E-state index in [-0.39, 0.29) is 22.5 Å². The third-order valence-corrected chi connectivity index (χ3v) is 6.30. The SMILES string of the molecule is CCOc1ccc(/C(O)=C2/C(=O)C(=O)N(c3ccc(C)cc3)C2c2cccc(O)c2)cc1C(C)(C)C. The zero-order chi connectivity index (χ0) is 26.2. The molecule has 1 unspecified atom stereocenters. The van der Waals surface area contributed by atoms with Gasteiger partial charge in [0.25, 0.3) is 11.7 Å². The molecule has 1 heterocycles. The average Bonchev–Trinajstić information content (AvgIpc) is 3.09. The Morgan fingerprint density at radius 3 is 2.31 bits per heavy atom.